The first kappa shape index (κ1) is 27.9. The van der Waals surface area contributed by atoms with Crippen LogP contribution in [-0.4, -0.2) is 4.57 Å². The molecule has 0 unspecified atom stereocenters. The molecule has 2 heterocycles. The number of anilines is 3. The van der Waals surface area contributed by atoms with Crippen LogP contribution in [-0.2, 0) is 0 Å². The molecule has 0 saturated heterocycles. The van der Waals surface area contributed by atoms with Crippen molar-refractivity contribution in [2.75, 3.05) is 4.90 Å². The molecular formula is C46H30N2S. The molecule has 0 aliphatic carbocycles. The zero-order valence-corrected chi connectivity index (χ0v) is 27.4. The Morgan fingerprint density at radius 1 is 0.388 bits per heavy atom. The van der Waals surface area contributed by atoms with Gasteiger partial charge in [-0.2, -0.15) is 0 Å². The molecule has 10 aromatic rings. The van der Waals surface area contributed by atoms with Gasteiger partial charge in [0.05, 0.1) is 11.0 Å². The Morgan fingerprint density at radius 2 is 1.02 bits per heavy atom. The van der Waals surface area contributed by atoms with Crippen molar-refractivity contribution < 1.29 is 0 Å². The van der Waals surface area contributed by atoms with Crippen LogP contribution in [0.4, 0.5) is 17.1 Å². The van der Waals surface area contributed by atoms with E-state index in [1.165, 1.54) is 69.6 Å². The second-order valence-electron chi connectivity index (χ2n) is 12.6. The number of fused-ring (bicyclic) bond motifs is 8. The van der Waals surface area contributed by atoms with Crippen molar-refractivity contribution in [3.63, 3.8) is 0 Å². The van der Waals surface area contributed by atoms with Crippen molar-refractivity contribution in [2.24, 2.45) is 0 Å². The third-order valence-corrected chi connectivity index (χ3v) is 11.1. The maximum absolute atomic E-state index is 2.37. The SMILES string of the molecule is c1ccc(N(c2ccc(-c3cccc4c3sc3c5ccccc5ccc43)cc2)c2ccc3c(c2)c2ccccc2n3-c2ccccc2)cc1. The van der Waals surface area contributed by atoms with Gasteiger partial charge in [0.15, 0.2) is 0 Å². The fourth-order valence-electron chi connectivity index (χ4n) is 7.52. The van der Waals surface area contributed by atoms with Gasteiger partial charge in [0.25, 0.3) is 0 Å². The molecule has 0 radical (unpaired) electrons. The van der Waals surface area contributed by atoms with Gasteiger partial charge in [-0.3, -0.25) is 0 Å². The molecule has 49 heavy (non-hydrogen) atoms. The zero-order valence-electron chi connectivity index (χ0n) is 26.6. The van der Waals surface area contributed by atoms with E-state index < -0.39 is 0 Å². The van der Waals surface area contributed by atoms with Crippen LogP contribution in [0, 0.1) is 0 Å². The van der Waals surface area contributed by atoms with Crippen molar-refractivity contribution in [2.45, 2.75) is 0 Å². The van der Waals surface area contributed by atoms with Crippen LogP contribution in [0.3, 0.4) is 0 Å². The molecule has 0 spiro atoms. The molecule has 0 N–H and O–H groups in total. The molecular weight excluding hydrogens is 613 g/mol. The lowest BCUT2D eigenvalue weighted by atomic mass is 10.0. The molecule has 10 rings (SSSR count). The van der Waals surface area contributed by atoms with Gasteiger partial charge in [-0.15, -0.1) is 11.3 Å². The Kier molecular flexibility index (Phi) is 6.39. The highest BCUT2D eigenvalue weighted by molar-refractivity contribution is 7.27. The summed E-state index contributed by atoms with van der Waals surface area (Å²) in [5, 5.41) is 7.74. The summed E-state index contributed by atoms with van der Waals surface area (Å²) in [5.74, 6) is 0. The summed E-state index contributed by atoms with van der Waals surface area (Å²) in [6.07, 6.45) is 0. The van der Waals surface area contributed by atoms with Crippen LogP contribution >= 0.6 is 11.3 Å². The predicted molar refractivity (Wildman–Crippen MR) is 211 cm³/mol. The summed E-state index contributed by atoms with van der Waals surface area (Å²) in [6, 6.07) is 66.0. The molecule has 0 saturated carbocycles. The normalized spacial score (nSPS) is 11.7. The van der Waals surface area contributed by atoms with E-state index in [4.69, 9.17) is 0 Å². The number of rotatable bonds is 5. The molecule has 3 heteroatoms. The van der Waals surface area contributed by atoms with Crippen LogP contribution in [0.2, 0.25) is 0 Å². The van der Waals surface area contributed by atoms with Gasteiger partial charge >= 0.3 is 0 Å². The maximum atomic E-state index is 2.37. The van der Waals surface area contributed by atoms with Crippen molar-refractivity contribution in [1.29, 1.82) is 0 Å². The molecule has 0 aliphatic heterocycles. The third-order valence-electron chi connectivity index (χ3n) is 9.77. The molecule has 0 atom stereocenters. The monoisotopic (exact) mass is 642 g/mol. The smallest absolute Gasteiger partial charge is 0.0542 e. The number of nitrogens with zero attached hydrogens (tertiary/aromatic N) is 2. The molecule has 230 valence electrons. The Hall–Kier alpha value is -6.16. The zero-order chi connectivity index (χ0) is 32.3. The highest BCUT2D eigenvalue weighted by Crippen LogP contribution is 2.44. The third kappa shape index (κ3) is 4.47. The maximum Gasteiger partial charge on any atom is 0.0542 e. The lowest BCUT2D eigenvalue weighted by Crippen LogP contribution is -2.09. The minimum atomic E-state index is 1.12. The van der Waals surface area contributed by atoms with E-state index in [9.17, 15) is 0 Å². The van der Waals surface area contributed by atoms with Gasteiger partial charge < -0.3 is 9.47 Å². The average Bonchev–Trinajstić information content (AvgIpc) is 3.72. The summed E-state index contributed by atoms with van der Waals surface area (Å²) < 4.78 is 5.06. The number of hydrogen-bond donors (Lipinski definition) is 0. The summed E-state index contributed by atoms with van der Waals surface area (Å²) >= 11 is 1.91. The quantitative estimate of drug-likeness (QED) is 0.181. The minimum absolute atomic E-state index is 1.12. The van der Waals surface area contributed by atoms with E-state index in [-0.39, 0.29) is 0 Å². The fourth-order valence-corrected chi connectivity index (χ4v) is 8.89. The van der Waals surface area contributed by atoms with Crippen LogP contribution in [0.5, 0.6) is 0 Å². The summed E-state index contributed by atoms with van der Waals surface area (Å²) in [6.45, 7) is 0. The fraction of sp³-hybridized carbons (Fsp3) is 0. The van der Waals surface area contributed by atoms with Gasteiger partial charge in [0.2, 0.25) is 0 Å². The number of benzene rings is 8. The molecule has 8 aromatic carbocycles. The summed E-state index contributed by atoms with van der Waals surface area (Å²) in [7, 11) is 0. The van der Waals surface area contributed by atoms with Gasteiger partial charge in [0.1, 0.15) is 0 Å². The molecule has 0 bridgehead atoms. The van der Waals surface area contributed by atoms with Crippen molar-refractivity contribution in [1.82, 2.24) is 4.57 Å². The largest absolute Gasteiger partial charge is 0.310 e. The second-order valence-corrected chi connectivity index (χ2v) is 13.6. The first-order chi connectivity index (χ1) is 24.3. The summed E-state index contributed by atoms with van der Waals surface area (Å²) in [5.41, 5.74) is 9.44. The molecule has 0 amide bonds. The minimum Gasteiger partial charge on any atom is -0.310 e. The van der Waals surface area contributed by atoms with E-state index >= 15 is 0 Å². The van der Waals surface area contributed by atoms with Gasteiger partial charge in [-0.25, -0.2) is 0 Å². The summed E-state index contributed by atoms with van der Waals surface area (Å²) in [4.78, 5) is 2.37. The average molecular weight is 643 g/mol. The Bertz CT molecular complexity index is 2810. The topological polar surface area (TPSA) is 8.17 Å². The molecule has 2 aromatic heterocycles. The van der Waals surface area contributed by atoms with E-state index in [0.29, 0.717) is 0 Å². The van der Waals surface area contributed by atoms with E-state index in [2.05, 4.69) is 191 Å². The number of para-hydroxylation sites is 3. The van der Waals surface area contributed by atoms with Crippen molar-refractivity contribution in [3.8, 4) is 16.8 Å². The lowest BCUT2D eigenvalue weighted by Gasteiger charge is -2.26. The van der Waals surface area contributed by atoms with E-state index in [1.807, 2.05) is 11.3 Å². The van der Waals surface area contributed by atoms with Crippen LogP contribution in [0.15, 0.2) is 182 Å². The highest BCUT2D eigenvalue weighted by Gasteiger charge is 2.18. The van der Waals surface area contributed by atoms with Gasteiger partial charge in [0, 0.05) is 53.7 Å². The Morgan fingerprint density at radius 3 is 1.86 bits per heavy atom. The first-order valence-corrected chi connectivity index (χ1v) is 17.5. The number of aromatic nitrogens is 1. The lowest BCUT2D eigenvalue weighted by molar-refractivity contribution is 1.18. The molecule has 2 nitrogen and oxygen atoms in total. The highest BCUT2D eigenvalue weighted by atomic mass is 32.1. The van der Waals surface area contributed by atoms with Crippen LogP contribution in [0.1, 0.15) is 0 Å². The van der Waals surface area contributed by atoms with Gasteiger partial charge in [-0.05, 0) is 82.6 Å². The Balaban J connectivity index is 1.11. The number of thiophene rings is 1. The van der Waals surface area contributed by atoms with Crippen molar-refractivity contribution >= 4 is 81.1 Å². The van der Waals surface area contributed by atoms with E-state index in [1.54, 1.807) is 0 Å². The number of hydrogen-bond acceptors (Lipinski definition) is 2. The second kappa shape index (κ2) is 11.2. The standard InChI is InChI=1S/C46H30N2S/c1-3-13-33(14-4-1)47(36-27-29-44-42(30-36)39-18-9-10-21-43(39)48(44)34-15-5-2-6-16-34)35-25-22-32(23-26-35)38-19-11-20-40-41-28-24-31-12-7-8-17-37(31)46(41)49-45(38)40/h1-30H. The predicted octanol–water partition coefficient (Wildman–Crippen LogP) is 13.4. The molecule has 0 aliphatic rings. The van der Waals surface area contributed by atoms with Gasteiger partial charge in [-0.1, -0.05) is 121 Å². The Labute approximate surface area is 288 Å². The first-order valence-electron chi connectivity index (χ1n) is 16.7. The van der Waals surface area contributed by atoms with E-state index in [0.717, 1.165) is 17.1 Å². The van der Waals surface area contributed by atoms with Crippen LogP contribution < -0.4 is 4.90 Å². The van der Waals surface area contributed by atoms with Crippen LogP contribution in [0.25, 0.3) is 69.6 Å². The molecule has 0 fully saturated rings. The van der Waals surface area contributed by atoms with Crippen molar-refractivity contribution in [3.05, 3.63) is 182 Å².